The Bertz CT molecular complexity index is 357. The molecule has 96 valence electrons. The van der Waals surface area contributed by atoms with E-state index in [0.29, 0.717) is 17.1 Å². The molecule has 0 saturated carbocycles. The first kappa shape index (κ1) is 13.6. The van der Waals surface area contributed by atoms with Gasteiger partial charge in [-0.2, -0.15) is 13.2 Å². The van der Waals surface area contributed by atoms with E-state index in [2.05, 4.69) is 0 Å². The van der Waals surface area contributed by atoms with Crippen LogP contribution in [0, 0.1) is 0 Å². The Balaban J connectivity index is 2.96. The van der Waals surface area contributed by atoms with E-state index in [9.17, 15) is 13.2 Å². The van der Waals surface area contributed by atoms with Crippen molar-refractivity contribution in [2.24, 2.45) is 5.73 Å². The topological polar surface area (TPSA) is 44.5 Å². The van der Waals surface area contributed by atoms with E-state index in [4.69, 9.17) is 15.2 Å². The number of rotatable bonds is 4. The summed E-state index contributed by atoms with van der Waals surface area (Å²) in [5.41, 5.74) is 5.83. The number of methoxy groups -OCH3 is 2. The lowest BCUT2D eigenvalue weighted by molar-refractivity contribution is -0.138. The number of nitrogens with two attached hydrogens (primary N) is 1. The van der Waals surface area contributed by atoms with Crippen LogP contribution in [0.25, 0.3) is 0 Å². The fraction of sp³-hybridized carbons (Fsp3) is 0.455. The molecule has 0 radical (unpaired) electrons. The lowest BCUT2D eigenvalue weighted by Crippen LogP contribution is -2.20. The van der Waals surface area contributed by atoms with E-state index in [1.807, 2.05) is 0 Å². The van der Waals surface area contributed by atoms with Gasteiger partial charge in [0.1, 0.15) is 11.5 Å². The molecule has 0 aromatic heterocycles. The molecule has 3 nitrogen and oxygen atoms in total. The van der Waals surface area contributed by atoms with Gasteiger partial charge in [0, 0.05) is 12.1 Å². The Hall–Kier alpha value is -1.43. The summed E-state index contributed by atoms with van der Waals surface area (Å²) in [6.45, 7) is 0. The van der Waals surface area contributed by atoms with Gasteiger partial charge in [-0.25, -0.2) is 0 Å². The molecule has 0 saturated heterocycles. The number of ether oxygens (including phenoxy) is 2. The molecule has 0 aliphatic rings. The third kappa shape index (κ3) is 4.14. The normalized spacial score (nSPS) is 13.3. The molecule has 2 N–H and O–H groups in total. The van der Waals surface area contributed by atoms with Crippen molar-refractivity contribution >= 4 is 0 Å². The molecule has 0 bridgehead atoms. The number of hydrogen-bond acceptors (Lipinski definition) is 3. The van der Waals surface area contributed by atoms with Crippen LogP contribution < -0.4 is 15.2 Å². The fourth-order valence-corrected chi connectivity index (χ4v) is 1.41. The third-order valence-corrected chi connectivity index (χ3v) is 2.25. The molecular weight excluding hydrogens is 235 g/mol. The lowest BCUT2D eigenvalue weighted by atomic mass is 10.0. The first-order valence-electron chi connectivity index (χ1n) is 4.91. The van der Waals surface area contributed by atoms with Crippen LogP contribution in [0.1, 0.15) is 18.0 Å². The molecule has 0 aliphatic carbocycles. The fourth-order valence-electron chi connectivity index (χ4n) is 1.41. The molecule has 1 aromatic carbocycles. The molecule has 0 spiro atoms. The minimum atomic E-state index is -4.30. The standard InChI is InChI=1S/C11H14F3NO2/c1-16-8-3-7(4-9(5-8)17-2)10(15)6-11(12,13)14/h3-5,10H,6,15H2,1-2H3. The Kier molecular flexibility index (Phi) is 4.22. The van der Waals surface area contributed by atoms with Crippen LogP contribution in [0.4, 0.5) is 13.2 Å². The zero-order valence-electron chi connectivity index (χ0n) is 9.54. The molecule has 0 heterocycles. The Morgan fingerprint density at radius 1 is 1.12 bits per heavy atom. The van der Waals surface area contributed by atoms with Crippen LogP contribution in [-0.4, -0.2) is 20.4 Å². The van der Waals surface area contributed by atoms with Crippen LogP contribution in [0.2, 0.25) is 0 Å². The maximum absolute atomic E-state index is 12.2. The summed E-state index contributed by atoms with van der Waals surface area (Å²) in [4.78, 5) is 0. The summed E-state index contributed by atoms with van der Waals surface area (Å²) in [7, 11) is 2.85. The Labute approximate surface area is 97.3 Å². The highest BCUT2D eigenvalue weighted by molar-refractivity contribution is 5.39. The molecule has 1 unspecified atom stereocenters. The summed E-state index contributed by atoms with van der Waals surface area (Å²) in [6, 6.07) is 3.39. The predicted octanol–water partition coefficient (Wildman–Crippen LogP) is 2.66. The molecule has 1 rings (SSSR count). The van der Waals surface area contributed by atoms with Gasteiger partial charge < -0.3 is 15.2 Å². The predicted molar refractivity (Wildman–Crippen MR) is 57.1 cm³/mol. The molecular formula is C11H14F3NO2. The maximum Gasteiger partial charge on any atom is 0.390 e. The van der Waals surface area contributed by atoms with Crippen LogP contribution in [-0.2, 0) is 0 Å². The van der Waals surface area contributed by atoms with Gasteiger partial charge in [-0.1, -0.05) is 0 Å². The van der Waals surface area contributed by atoms with Gasteiger partial charge in [0.2, 0.25) is 0 Å². The molecule has 0 fully saturated rings. The van der Waals surface area contributed by atoms with Gasteiger partial charge in [-0.3, -0.25) is 0 Å². The van der Waals surface area contributed by atoms with E-state index in [0.717, 1.165) is 0 Å². The molecule has 0 amide bonds. The minimum absolute atomic E-state index is 0.332. The van der Waals surface area contributed by atoms with Crippen molar-refractivity contribution < 1.29 is 22.6 Å². The van der Waals surface area contributed by atoms with Crippen LogP contribution in [0.3, 0.4) is 0 Å². The molecule has 6 heteroatoms. The Morgan fingerprint density at radius 3 is 1.94 bits per heavy atom. The second-order valence-corrected chi connectivity index (χ2v) is 3.57. The summed E-state index contributed by atoms with van der Waals surface area (Å²) >= 11 is 0. The second kappa shape index (κ2) is 5.27. The molecule has 0 aliphatic heterocycles. The van der Waals surface area contributed by atoms with E-state index in [-0.39, 0.29) is 0 Å². The van der Waals surface area contributed by atoms with Crippen molar-refractivity contribution in [1.82, 2.24) is 0 Å². The molecule has 1 atom stereocenters. The molecule has 1 aromatic rings. The van der Waals surface area contributed by atoms with Gasteiger partial charge in [0.15, 0.2) is 0 Å². The Morgan fingerprint density at radius 2 is 1.59 bits per heavy atom. The van der Waals surface area contributed by atoms with E-state index in [1.54, 1.807) is 6.07 Å². The molecule has 17 heavy (non-hydrogen) atoms. The summed E-state index contributed by atoms with van der Waals surface area (Å²) < 4.78 is 46.6. The first-order chi connectivity index (χ1) is 7.85. The smallest absolute Gasteiger partial charge is 0.390 e. The SMILES string of the molecule is COc1cc(OC)cc(C(N)CC(F)(F)F)c1. The van der Waals surface area contributed by atoms with Crippen LogP contribution in [0.15, 0.2) is 18.2 Å². The van der Waals surface area contributed by atoms with E-state index >= 15 is 0 Å². The van der Waals surface area contributed by atoms with E-state index in [1.165, 1.54) is 26.4 Å². The third-order valence-electron chi connectivity index (χ3n) is 2.25. The minimum Gasteiger partial charge on any atom is -0.497 e. The second-order valence-electron chi connectivity index (χ2n) is 3.57. The quantitative estimate of drug-likeness (QED) is 0.892. The largest absolute Gasteiger partial charge is 0.497 e. The average molecular weight is 249 g/mol. The maximum atomic E-state index is 12.2. The highest BCUT2D eigenvalue weighted by atomic mass is 19.4. The average Bonchev–Trinajstić information content (AvgIpc) is 2.26. The van der Waals surface area contributed by atoms with Gasteiger partial charge in [-0.15, -0.1) is 0 Å². The number of hydrogen-bond donors (Lipinski definition) is 1. The van der Waals surface area contributed by atoms with Gasteiger partial charge in [0.05, 0.1) is 20.6 Å². The number of alkyl halides is 3. The van der Waals surface area contributed by atoms with Gasteiger partial charge in [-0.05, 0) is 17.7 Å². The summed E-state index contributed by atoms with van der Waals surface area (Å²) in [5, 5.41) is 0. The highest BCUT2D eigenvalue weighted by Gasteiger charge is 2.31. The van der Waals surface area contributed by atoms with E-state index < -0.39 is 18.6 Å². The zero-order valence-corrected chi connectivity index (χ0v) is 9.54. The number of benzene rings is 1. The highest BCUT2D eigenvalue weighted by Crippen LogP contribution is 2.31. The lowest BCUT2D eigenvalue weighted by Gasteiger charge is -2.16. The summed E-state index contributed by atoms with van der Waals surface area (Å²) in [5.74, 6) is 0.828. The van der Waals surface area contributed by atoms with Crippen molar-refractivity contribution in [2.45, 2.75) is 18.6 Å². The van der Waals surface area contributed by atoms with Crippen LogP contribution in [0.5, 0.6) is 11.5 Å². The van der Waals surface area contributed by atoms with Gasteiger partial charge in [0.25, 0.3) is 0 Å². The van der Waals surface area contributed by atoms with Gasteiger partial charge >= 0.3 is 6.18 Å². The summed E-state index contributed by atoms with van der Waals surface area (Å²) in [6.07, 6.45) is -5.38. The van der Waals surface area contributed by atoms with Crippen molar-refractivity contribution in [1.29, 1.82) is 0 Å². The van der Waals surface area contributed by atoms with Crippen molar-refractivity contribution in [2.75, 3.05) is 14.2 Å². The zero-order chi connectivity index (χ0) is 13.1. The first-order valence-corrected chi connectivity index (χ1v) is 4.91. The monoisotopic (exact) mass is 249 g/mol. The van der Waals surface area contributed by atoms with Crippen molar-refractivity contribution in [3.8, 4) is 11.5 Å². The van der Waals surface area contributed by atoms with Crippen molar-refractivity contribution in [3.63, 3.8) is 0 Å². The van der Waals surface area contributed by atoms with Crippen LogP contribution >= 0.6 is 0 Å². The number of halogens is 3. The van der Waals surface area contributed by atoms with Crippen molar-refractivity contribution in [3.05, 3.63) is 23.8 Å².